The van der Waals surface area contributed by atoms with E-state index in [9.17, 15) is 4.79 Å². The van der Waals surface area contributed by atoms with E-state index in [1.165, 1.54) is 5.57 Å². The van der Waals surface area contributed by atoms with E-state index >= 15 is 0 Å². The molecular formula is C9H15NO. The molecule has 1 aliphatic heterocycles. The van der Waals surface area contributed by atoms with Crippen LogP contribution in [-0.4, -0.2) is 23.9 Å². The lowest BCUT2D eigenvalue weighted by molar-refractivity contribution is -0.130. The molecule has 0 N–H and O–H groups in total. The first-order chi connectivity index (χ1) is 5.24. The Balaban J connectivity index is 2.50. The van der Waals surface area contributed by atoms with E-state index < -0.39 is 0 Å². The number of carbonyl (C=O) groups excluding carboxylic acids is 1. The number of hydrogen-bond donors (Lipinski definition) is 0. The van der Waals surface area contributed by atoms with Gasteiger partial charge in [0, 0.05) is 19.5 Å². The van der Waals surface area contributed by atoms with E-state index in [2.05, 4.69) is 13.0 Å². The zero-order chi connectivity index (χ0) is 8.27. The lowest BCUT2D eigenvalue weighted by atomic mass is 10.1. The largest absolute Gasteiger partial charge is 0.338 e. The molecule has 0 saturated carbocycles. The van der Waals surface area contributed by atoms with Crippen molar-refractivity contribution in [2.75, 3.05) is 13.1 Å². The Bertz CT molecular complexity index is 184. The fourth-order valence-electron chi connectivity index (χ4n) is 1.35. The fraction of sp³-hybridized carbons (Fsp3) is 0.667. The van der Waals surface area contributed by atoms with Crippen LogP contribution in [0.1, 0.15) is 26.7 Å². The van der Waals surface area contributed by atoms with E-state index in [1.54, 1.807) is 0 Å². The molecule has 2 nitrogen and oxygen atoms in total. The molecule has 0 unspecified atom stereocenters. The van der Waals surface area contributed by atoms with Crippen LogP contribution >= 0.6 is 0 Å². The first-order valence-electron chi connectivity index (χ1n) is 4.17. The highest BCUT2D eigenvalue weighted by Crippen LogP contribution is 2.09. The van der Waals surface area contributed by atoms with Crippen molar-refractivity contribution >= 4 is 5.91 Å². The van der Waals surface area contributed by atoms with Crippen LogP contribution in [0, 0.1) is 0 Å². The summed E-state index contributed by atoms with van der Waals surface area (Å²) in [4.78, 5) is 13.1. The van der Waals surface area contributed by atoms with Crippen LogP contribution in [0.2, 0.25) is 0 Å². The highest BCUT2D eigenvalue weighted by atomic mass is 16.2. The molecule has 1 amide bonds. The Morgan fingerprint density at radius 2 is 2.45 bits per heavy atom. The molecule has 1 aliphatic rings. The Morgan fingerprint density at radius 1 is 1.73 bits per heavy atom. The van der Waals surface area contributed by atoms with E-state index in [0.29, 0.717) is 6.42 Å². The summed E-state index contributed by atoms with van der Waals surface area (Å²) < 4.78 is 0. The fourth-order valence-corrected chi connectivity index (χ4v) is 1.35. The molecule has 0 radical (unpaired) electrons. The topological polar surface area (TPSA) is 20.3 Å². The second-order valence-corrected chi connectivity index (χ2v) is 3.01. The van der Waals surface area contributed by atoms with E-state index in [4.69, 9.17) is 0 Å². The van der Waals surface area contributed by atoms with Crippen molar-refractivity contribution in [3.8, 4) is 0 Å². The Kier molecular flexibility index (Phi) is 2.69. The van der Waals surface area contributed by atoms with E-state index in [-0.39, 0.29) is 5.91 Å². The average molecular weight is 153 g/mol. The van der Waals surface area contributed by atoms with Crippen molar-refractivity contribution in [2.45, 2.75) is 26.7 Å². The minimum Gasteiger partial charge on any atom is -0.338 e. The third-order valence-corrected chi connectivity index (χ3v) is 1.99. The third-order valence-electron chi connectivity index (χ3n) is 1.99. The molecule has 0 aromatic rings. The van der Waals surface area contributed by atoms with Gasteiger partial charge in [-0.1, -0.05) is 18.6 Å². The second kappa shape index (κ2) is 3.56. The van der Waals surface area contributed by atoms with E-state index in [0.717, 1.165) is 19.5 Å². The van der Waals surface area contributed by atoms with Crippen molar-refractivity contribution in [3.63, 3.8) is 0 Å². The Hall–Kier alpha value is -0.790. The standard InChI is InChI=1S/C9H15NO/c1-3-9(11)10-6-4-5-8(2)7-10/h5H,3-4,6-7H2,1-2H3. The molecule has 11 heavy (non-hydrogen) atoms. The van der Waals surface area contributed by atoms with Gasteiger partial charge in [0.05, 0.1) is 0 Å². The number of rotatable bonds is 1. The number of nitrogens with zero attached hydrogens (tertiary/aromatic N) is 1. The van der Waals surface area contributed by atoms with Crippen molar-refractivity contribution in [1.29, 1.82) is 0 Å². The summed E-state index contributed by atoms with van der Waals surface area (Å²) in [7, 11) is 0. The number of amides is 1. The van der Waals surface area contributed by atoms with Gasteiger partial charge in [-0.3, -0.25) is 4.79 Å². The minimum atomic E-state index is 0.275. The van der Waals surface area contributed by atoms with Crippen molar-refractivity contribution < 1.29 is 4.79 Å². The molecule has 62 valence electrons. The van der Waals surface area contributed by atoms with E-state index in [1.807, 2.05) is 11.8 Å². The van der Waals surface area contributed by atoms with Gasteiger partial charge < -0.3 is 4.90 Å². The summed E-state index contributed by atoms with van der Waals surface area (Å²) in [5, 5.41) is 0. The maximum absolute atomic E-state index is 11.2. The summed E-state index contributed by atoms with van der Waals surface area (Å²) in [6, 6.07) is 0. The predicted molar refractivity (Wildman–Crippen MR) is 45.2 cm³/mol. The molecule has 0 spiro atoms. The summed E-state index contributed by atoms with van der Waals surface area (Å²) in [5.74, 6) is 0.275. The van der Waals surface area contributed by atoms with Gasteiger partial charge in [0.25, 0.3) is 0 Å². The van der Waals surface area contributed by atoms with Gasteiger partial charge in [-0.25, -0.2) is 0 Å². The second-order valence-electron chi connectivity index (χ2n) is 3.01. The molecule has 0 aliphatic carbocycles. The van der Waals surface area contributed by atoms with Crippen molar-refractivity contribution in [2.24, 2.45) is 0 Å². The Labute approximate surface area is 67.9 Å². The van der Waals surface area contributed by atoms with Crippen molar-refractivity contribution in [3.05, 3.63) is 11.6 Å². The van der Waals surface area contributed by atoms with Crippen LogP contribution < -0.4 is 0 Å². The molecule has 0 aromatic carbocycles. The Morgan fingerprint density at radius 3 is 3.00 bits per heavy atom. The zero-order valence-electron chi connectivity index (χ0n) is 7.26. The van der Waals surface area contributed by atoms with Gasteiger partial charge in [0.2, 0.25) is 5.91 Å². The highest BCUT2D eigenvalue weighted by molar-refractivity contribution is 5.76. The highest BCUT2D eigenvalue weighted by Gasteiger charge is 2.13. The summed E-state index contributed by atoms with van der Waals surface area (Å²) in [6.07, 6.45) is 3.87. The molecule has 1 rings (SSSR count). The van der Waals surface area contributed by atoms with Crippen LogP contribution in [0.5, 0.6) is 0 Å². The summed E-state index contributed by atoms with van der Waals surface area (Å²) in [5.41, 5.74) is 1.32. The first kappa shape index (κ1) is 8.31. The molecule has 0 fully saturated rings. The molecule has 0 bridgehead atoms. The van der Waals surface area contributed by atoms with Crippen LogP contribution in [0.4, 0.5) is 0 Å². The van der Waals surface area contributed by atoms with Gasteiger partial charge in [0.15, 0.2) is 0 Å². The van der Waals surface area contributed by atoms with Crippen molar-refractivity contribution in [1.82, 2.24) is 4.90 Å². The third kappa shape index (κ3) is 2.07. The average Bonchev–Trinajstić information content (AvgIpc) is 2.03. The smallest absolute Gasteiger partial charge is 0.222 e. The normalized spacial score (nSPS) is 18.0. The zero-order valence-corrected chi connectivity index (χ0v) is 7.26. The molecule has 1 heterocycles. The van der Waals surface area contributed by atoms with Crippen LogP contribution in [-0.2, 0) is 4.79 Å². The minimum absolute atomic E-state index is 0.275. The quantitative estimate of drug-likeness (QED) is 0.524. The maximum Gasteiger partial charge on any atom is 0.222 e. The molecule has 0 aromatic heterocycles. The monoisotopic (exact) mass is 153 g/mol. The molecule has 0 saturated heterocycles. The summed E-state index contributed by atoms with van der Waals surface area (Å²) >= 11 is 0. The lowest BCUT2D eigenvalue weighted by Crippen LogP contribution is -2.34. The summed E-state index contributed by atoms with van der Waals surface area (Å²) in [6.45, 7) is 5.74. The first-order valence-corrected chi connectivity index (χ1v) is 4.17. The van der Waals surface area contributed by atoms with Crippen LogP contribution in [0.25, 0.3) is 0 Å². The van der Waals surface area contributed by atoms with Crippen LogP contribution in [0.3, 0.4) is 0 Å². The van der Waals surface area contributed by atoms with Gasteiger partial charge in [-0.05, 0) is 13.3 Å². The predicted octanol–water partition coefficient (Wildman–Crippen LogP) is 1.58. The molecule has 0 atom stereocenters. The maximum atomic E-state index is 11.2. The van der Waals surface area contributed by atoms with Gasteiger partial charge in [0.1, 0.15) is 0 Å². The SMILES string of the molecule is CCC(=O)N1CCC=C(C)C1. The van der Waals surface area contributed by atoms with Gasteiger partial charge in [-0.2, -0.15) is 0 Å². The lowest BCUT2D eigenvalue weighted by Gasteiger charge is -2.25. The van der Waals surface area contributed by atoms with Crippen LogP contribution in [0.15, 0.2) is 11.6 Å². The van der Waals surface area contributed by atoms with Gasteiger partial charge in [-0.15, -0.1) is 0 Å². The molecule has 2 heteroatoms. The number of carbonyl (C=O) groups is 1. The molecular weight excluding hydrogens is 138 g/mol. The van der Waals surface area contributed by atoms with Gasteiger partial charge >= 0.3 is 0 Å². The number of hydrogen-bond acceptors (Lipinski definition) is 1.